The summed E-state index contributed by atoms with van der Waals surface area (Å²) < 4.78 is 0. The second-order valence-electron chi connectivity index (χ2n) is 4.25. The lowest BCUT2D eigenvalue weighted by molar-refractivity contribution is 0.604. The first-order valence-corrected chi connectivity index (χ1v) is 5.58. The Morgan fingerprint density at radius 1 is 1.40 bits per heavy atom. The maximum absolute atomic E-state index is 4.09. The van der Waals surface area contributed by atoms with E-state index < -0.39 is 0 Å². The molecule has 0 radical (unpaired) electrons. The molecule has 3 nitrogen and oxygen atoms in total. The monoisotopic (exact) mass is 201 g/mol. The Balaban J connectivity index is 1.92. The van der Waals surface area contributed by atoms with Gasteiger partial charge in [0.15, 0.2) is 0 Å². The van der Waals surface area contributed by atoms with Crippen molar-refractivity contribution in [1.82, 2.24) is 15.5 Å². The number of aromatic nitrogens is 2. The summed E-state index contributed by atoms with van der Waals surface area (Å²) in [6, 6.07) is 7.06. The van der Waals surface area contributed by atoms with Crippen LogP contribution in [0.2, 0.25) is 0 Å². The van der Waals surface area contributed by atoms with Gasteiger partial charge in [-0.25, -0.2) is 0 Å². The first kappa shape index (κ1) is 8.92. The molecule has 0 saturated carbocycles. The van der Waals surface area contributed by atoms with E-state index in [-0.39, 0.29) is 0 Å². The summed E-state index contributed by atoms with van der Waals surface area (Å²) >= 11 is 0. The van der Waals surface area contributed by atoms with Gasteiger partial charge >= 0.3 is 0 Å². The Labute approximate surface area is 88.9 Å². The van der Waals surface area contributed by atoms with Gasteiger partial charge in [-0.2, -0.15) is 5.10 Å². The summed E-state index contributed by atoms with van der Waals surface area (Å²) in [4.78, 5) is 0. The number of hydrogen-bond acceptors (Lipinski definition) is 2. The van der Waals surface area contributed by atoms with Crippen molar-refractivity contribution in [3.05, 3.63) is 30.0 Å². The number of H-pyrrole nitrogens is 1. The minimum Gasteiger partial charge on any atom is -0.314 e. The third kappa shape index (κ3) is 1.63. The highest BCUT2D eigenvalue weighted by Gasteiger charge is 2.15. The fourth-order valence-corrected chi connectivity index (χ4v) is 2.40. The molecule has 0 amide bonds. The van der Waals surface area contributed by atoms with Crippen molar-refractivity contribution in [3.63, 3.8) is 0 Å². The third-order valence-corrected chi connectivity index (χ3v) is 3.19. The molecule has 15 heavy (non-hydrogen) atoms. The van der Waals surface area contributed by atoms with Gasteiger partial charge in [0.25, 0.3) is 0 Å². The van der Waals surface area contributed by atoms with Crippen LogP contribution in [0.4, 0.5) is 0 Å². The predicted molar refractivity (Wildman–Crippen MR) is 60.8 cm³/mol. The van der Waals surface area contributed by atoms with Crippen LogP contribution in [-0.4, -0.2) is 22.8 Å². The van der Waals surface area contributed by atoms with Crippen molar-refractivity contribution in [1.29, 1.82) is 0 Å². The SMILES string of the molecule is c1cc(CC2CCCN2)c2[nH]ncc2c1. The predicted octanol–water partition coefficient (Wildman–Crippen LogP) is 1.86. The minimum atomic E-state index is 0.652. The molecule has 1 aliphatic rings. The summed E-state index contributed by atoms with van der Waals surface area (Å²) in [6.45, 7) is 1.17. The first-order valence-electron chi connectivity index (χ1n) is 5.58. The van der Waals surface area contributed by atoms with E-state index in [1.165, 1.54) is 35.9 Å². The molecule has 78 valence electrons. The number of para-hydroxylation sites is 1. The molecule has 1 aromatic heterocycles. The number of aromatic amines is 1. The standard InChI is InChI=1S/C12H15N3/c1-3-9(7-11-5-2-6-13-11)12-10(4-1)8-14-15-12/h1,3-4,8,11,13H,2,5-7H2,(H,14,15). The molecule has 3 heteroatoms. The zero-order valence-electron chi connectivity index (χ0n) is 8.66. The lowest BCUT2D eigenvalue weighted by Gasteiger charge is -2.10. The van der Waals surface area contributed by atoms with Gasteiger partial charge in [-0.05, 0) is 31.4 Å². The minimum absolute atomic E-state index is 0.652. The Hall–Kier alpha value is -1.35. The topological polar surface area (TPSA) is 40.7 Å². The number of nitrogens with one attached hydrogen (secondary N) is 2. The van der Waals surface area contributed by atoms with Gasteiger partial charge in [0, 0.05) is 11.4 Å². The van der Waals surface area contributed by atoms with Gasteiger partial charge < -0.3 is 5.32 Å². The van der Waals surface area contributed by atoms with E-state index >= 15 is 0 Å². The molecular weight excluding hydrogens is 186 g/mol. The third-order valence-electron chi connectivity index (χ3n) is 3.19. The molecule has 1 aromatic carbocycles. The number of hydrogen-bond donors (Lipinski definition) is 2. The maximum Gasteiger partial charge on any atom is 0.0682 e. The highest BCUT2D eigenvalue weighted by atomic mass is 15.1. The van der Waals surface area contributed by atoms with Gasteiger partial charge in [-0.1, -0.05) is 18.2 Å². The molecule has 1 unspecified atom stereocenters. The largest absolute Gasteiger partial charge is 0.314 e. The summed E-state index contributed by atoms with van der Waals surface area (Å²) in [5.41, 5.74) is 2.58. The Kier molecular flexibility index (Phi) is 2.18. The van der Waals surface area contributed by atoms with Gasteiger partial charge in [0.1, 0.15) is 0 Å². The summed E-state index contributed by atoms with van der Waals surface area (Å²) in [5, 5.41) is 11.9. The average molecular weight is 201 g/mol. The van der Waals surface area contributed by atoms with E-state index in [4.69, 9.17) is 0 Å². The second-order valence-corrected chi connectivity index (χ2v) is 4.25. The molecule has 2 N–H and O–H groups in total. The highest BCUT2D eigenvalue weighted by molar-refractivity contribution is 5.81. The lowest BCUT2D eigenvalue weighted by atomic mass is 10.0. The lowest BCUT2D eigenvalue weighted by Crippen LogP contribution is -2.23. The maximum atomic E-state index is 4.09. The Morgan fingerprint density at radius 2 is 2.40 bits per heavy atom. The number of fused-ring (bicyclic) bond motifs is 1. The zero-order chi connectivity index (χ0) is 10.1. The van der Waals surface area contributed by atoms with Crippen LogP contribution < -0.4 is 5.32 Å². The molecule has 2 heterocycles. The molecular formula is C12H15N3. The average Bonchev–Trinajstić information content (AvgIpc) is 2.87. The molecule has 1 saturated heterocycles. The molecule has 0 aliphatic carbocycles. The van der Waals surface area contributed by atoms with Crippen molar-refractivity contribution in [2.24, 2.45) is 0 Å². The first-order chi connectivity index (χ1) is 7.43. The van der Waals surface area contributed by atoms with E-state index in [0.717, 1.165) is 6.42 Å². The normalized spacial score (nSPS) is 21.2. The molecule has 0 spiro atoms. The summed E-state index contributed by atoms with van der Waals surface area (Å²) in [6.07, 6.45) is 5.61. The fraction of sp³-hybridized carbons (Fsp3) is 0.417. The molecule has 1 aliphatic heterocycles. The molecule has 3 rings (SSSR count). The van der Waals surface area contributed by atoms with Crippen molar-refractivity contribution < 1.29 is 0 Å². The zero-order valence-corrected chi connectivity index (χ0v) is 8.66. The van der Waals surface area contributed by atoms with E-state index in [2.05, 4.69) is 33.7 Å². The molecule has 0 bridgehead atoms. The van der Waals surface area contributed by atoms with Crippen molar-refractivity contribution >= 4 is 10.9 Å². The number of nitrogens with zero attached hydrogens (tertiary/aromatic N) is 1. The van der Waals surface area contributed by atoms with Gasteiger partial charge in [-0.15, -0.1) is 0 Å². The van der Waals surface area contributed by atoms with Crippen molar-refractivity contribution in [2.75, 3.05) is 6.54 Å². The number of benzene rings is 1. The summed E-state index contributed by atoms with van der Waals surface area (Å²) in [7, 11) is 0. The van der Waals surface area contributed by atoms with Crippen LogP contribution in [0, 0.1) is 0 Å². The van der Waals surface area contributed by atoms with E-state index in [0.29, 0.717) is 6.04 Å². The van der Waals surface area contributed by atoms with Gasteiger partial charge in [0.05, 0.1) is 11.7 Å². The van der Waals surface area contributed by atoms with Crippen LogP contribution in [0.15, 0.2) is 24.4 Å². The van der Waals surface area contributed by atoms with Crippen LogP contribution in [-0.2, 0) is 6.42 Å². The van der Waals surface area contributed by atoms with E-state index in [1.807, 2.05) is 6.20 Å². The Bertz CT molecular complexity index is 455. The molecule has 2 aromatic rings. The number of rotatable bonds is 2. The molecule has 1 fully saturated rings. The van der Waals surface area contributed by atoms with Crippen LogP contribution in [0.25, 0.3) is 10.9 Å². The van der Waals surface area contributed by atoms with E-state index in [1.54, 1.807) is 0 Å². The van der Waals surface area contributed by atoms with Crippen molar-refractivity contribution in [3.8, 4) is 0 Å². The van der Waals surface area contributed by atoms with Crippen LogP contribution in [0.1, 0.15) is 18.4 Å². The fourth-order valence-electron chi connectivity index (χ4n) is 2.40. The van der Waals surface area contributed by atoms with Crippen molar-refractivity contribution in [2.45, 2.75) is 25.3 Å². The van der Waals surface area contributed by atoms with Gasteiger partial charge in [0.2, 0.25) is 0 Å². The van der Waals surface area contributed by atoms with Crippen LogP contribution in [0.5, 0.6) is 0 Å². The van der Waals surface area contributed by atoms with Crippen LogP contribution >= 0.6 is 0 Å². The van der Waals surface area contributed by atoms with E-state index in [9.17, 15) is 0 Å². The summed E-state index contributed by atoms with van der Waals surface area (Å²) in [5.74, 6) is 0. The Morgan fingerprint density at radius 3 is 3.27 bits per heavy atom. The smallest absolute Gasteiger partial charge is 0.0682 e. The van der Waals surface area contributed by atoms with Gasteiger partial charge in [-0.3, -0.25) is 5.10 Å². The quantitative estimate of drug-likeness (QED) is 0.778. The van der Waals surface area contributed by atoms with Crippen LogP contribution in [0.3, 0.4) is 0 Å². The second kappa shape index (κ2) is 3.66. The molecule has 1 atom stereocenters. The highest BCUT2D eigenvalue weighted by Crippen LogP contribution is 2.19.